The molecule has 0 saturated heterocycles. The summed E-state index contributed by atoms with van der Waals surface area (Å²) in [5, 5.41) is 8.18. The molecule has 0 aliphatic heterocycles. The van der Waals surface area contributed by atoms with Crippen LogP contribution < -0.4 is 10.6 Å². The van der Waals surface area contributed by atoms with Crippen molar-refractivity contribution >= 4 is 23.2 Å². The lowest BCUT2D eigenvalue weighted by atomic mass is 10.1. The predicted molar refractivity (Wildman–Crippen MR) is 106 cm³/mol. The van der Waals surface area contributed by atoms with Crippen LogP contribution in [-0.2, 0) is 6.42 Å². The number of amides is 2. The molecule has 3 rings (SSSR count). The maximum Gasteiger partial charge on any atom is 0.289 e. The average molecular weight is 398 g/mol. The Kier molecular flexibility index (Phi) is 5.89. The quantitative estimate of drug-likeness (QED) is 0.663. The molecule has 0 aliphatic carbocycles. The van der Waals surface area contributed by atoms with Gasteiger partial charge in [0.2, 0.25) is 5.76 Å². The average Bonchev–Trinajstić information content (AvgIpc) is 3.33. The van der Waals surface area contributed by atoms with Gasteiger partial charge in [0.1, 0.15) is 10.7 Å². The third-order valence-corrected chi connectivity index (χ3v) is 4.74. The zero-order valence-corrected chi connectivity index (χ0v) is 16.7. The SMILES string of the molecule is CC(C)(C)NC(=O)c1csc([C@H](Cc2ccccc2)NC(=O)c2cnco2)n1. The summed E-state index contributed by atoms with van der Waals surface area (Å²) in [6.07, 6.45) is 3.10. The highest BCUT2D eigenvalue weighted by molar-refractivity contribution is 7.09. The summed E-state index contributed by atoms with van der Waals surface area (Å²) in [5.41, 5.74) is 1.02. The second-order valence-electron chi connectivity index (χ2n) is 7.36. The summed E-state index contributed by atoms with van der Waals surface area (Å²) < 4.78 is 5.08. The number of rotatable bonds is 6. The minimum atomic E-state index is -0.402. The van der Waals surface area contributed by atoms with Gasteiger partial charge in [-0.15, -0.1) is 11.3 Å². The Morgan fingerprint density at radius 1 is 1.18 bits per heavy atom. The first-order valence-corrected chi connectivity index (χ1v) is 9.71. The Morgan fingerprint density at radius 2 is 1.93 bits per heavy atom. The second-order valence-corrected chi connectivity index (χ2v) is 8.25. The molecule has 0 saturated carbocycles. The van der Waals surface area contributed by atoms with E-state index in [1.54, 1.807) is 5.38 Å². The Morgan fingerprint density at radius 3 is 2.57 bits per heavy atom. The first-order chi connectivity index (χ1) is 13.3. The number of nitrogens with zero attached hydrogens (tertiary/aromatic N) is 2. The predicted octanol–water partition coefficient (Wildman–Crippen LogP) is 3.37. The number of hydrogen-bond acceptors (Lipinski definition) is 6. The number of benzene rings is 1. The number of hydrogen-bond donors (Lipinski definition) is 2. The van der Waals surface area contributed by atoms with Crippen molar-refractivity contribution in [3.63, 3.8) is 0 Å². The van der Waals surface area contributed by atoms with E-state index in [1.165, 1.54) is 23.9 Å². The Hall–Kier alpha value is -3.00. The maximum absolute atomic E-state index is 12.5. The van der Waals surface area contributed by atoms with Gasteiger partial charge in [-0.25, -0.2) is 9.97 Å². The lowest BCUT2D eigenvalue weighted by Gasteiger charge is -2.19. The lowest BCUT2D eigenvalue weighted by Crippen LogP contribution is -2.40. The molecule has 7 nitrogen and oxygen atoms in total. The summed E-state index contributed by atoms with van der Waals surface area (Å²) in [6.45, 7) is 5.73. The van der Waals surface area contributed by atoms with Gasteiger partial charge in [-0.05, 0) is 32.8 Å². The Labute approximate surface area is 167 Å². The van der Waals surface area contributed by atoms with Crippen LogP contribution >= 0.6 is 11.3 Å². The molecule has 2 N–H and O–H groups in total. The number of nitrogens with one attached hydrogen (secondary N) is 2. The van der Waals surface area contributed by atoms with Crippen molar-refractivity contribution in [2.45, 2.75) is 38.8 Å². The van der Waals surface area contributed by atoms with Crippen molar-refractivity contribution < 1.29 is 14.0 Å². The summed E-state index contributed by atoms with van der Waals surface area (Å²) in [5.74, 6) is -0.496. The van der Waals surface area contributed by atoms with Crippen LogP contribution in [0.4, 0.5) is 0 Å². The number of carbonyl (C=O) groups is 2. The van der Waals surface area contributed by atoms with Crippen molar-refractivity contribution in [2.75, 3.05) is 0 Å². The fourth-order valence-electron chi connectivity index (χ4n) is 2.56. The van der Waals surface area contributed by atoms with Crippen LogP contribution in [0.3, 0.4) is 0 Å². The molecular formula is C20H22N4O3S. The molecule has 0 spiro atoms. The van der Waals surface area contributed by atoms with E-state index in [0.29, 0.717) is 17.1 Å². The minimum absolute atomic E-state index is 0.125. The third-order valence-electron chi connectivity index (χ3n) is 3.79. The molecule has 0 aliphatic rings. The largest absolute Gasteiger partial charge is 0.438 e. The molecule has 0 unspecified atom stereocenters. The van der Waals surface area contributed by atoms with Gasteiger partial charge in [-0.3, -0.25) is 9.59 Å². The van der Waals surface area contributed by atoms with Crippen LogP contribution in [0.1, 0.15) is 58.4 Å². The minimum Gasteiger partial charge on any atom is -0.438 e. The molecule has 3 aromatic rings. The van der Waals surface area contributed by atoms with Crippen molar-refractivity contribution in [1.82, 2.24) is 20.6 Å². The summed E-state index contributed by atoms with van der Waals surface area (Å²) in [7, 11) is 0. The highest BCUT2D eigenvalue weighted by Gasteiger charge is 2.24. The third kappa shape index (κ3) is 5.26. The summed E-state index contributed by atoms with van der Waals surface area (Å²) >= 11 is 1.34. The van der Waals surface area contributed by atoms with Crippen molar-refractivity contribution in [2.24, 2.45) is 0 Å². The molecule has 0 fully saturated rings. The number of oxazole rings is 1. The Bertz CT molecular complexity index is 930. The fourth-order valence-corrected chi connectivity index (χ4v) is 3.41. The van der Waals surface area contributed by atoms with Gasteiger partial charge in [-0.2, -0.15) is 0 Å². The van der Waals surface area contributed by atoms with Gasteiger partial charge in [0, 0.05) is 10.9 Å². The van der Waals surface area contributed by atoms with Crippen molar-refractivity contribution in [3.8, 4) is 0 Å². The van der Waals surface area contributed by atoms with Gasteiger partial charge in [-0.1, -0.05) is 30.3 Å². The van der Waals surface area contributed by atoms with E-state index in [1.807, 2.05) is 51.1 Å². The second kappa shape index (κ2) is 8.35. The monoisotopic (exact) mass is 398 g/mol. The Balaban J connectivity index is 1.82. The summed E-state index contributed by atoms with van der Waals surface area (Å²) in [6, 6.07) is 9.37. The van der Waals surface area contributed by atoms with E-state index in [4.69, 9.17) is 4.42 Å². The molecular weight excluding hydrogens is 376 g/mol. The van der Waals surface area contributed by atoms with E-state index in [-0.39, 0.29) is 23.1 Å². The lowest BCUT2D eigenvalue weighted by molar-refractivity contribution is 0.0906. The van der Waals surface area contributed by atoms with Crippen LogP contribution in [0.5, 0.6) is 0 Å². The standard InChI is InChI=1S/C20H22N4O3S/c1-20(2,3)24-17(25)15-11-28-19(23-15)14(9-13-7-5-4-6-8-13)22-18(26)16-10-21-12-27-16/h4-8,10-12,14H,9H2,1-3H3,(H,22,26)(H,24,25)/t14-/m0/s1. The van der Waals surface area contributed by atoms with E-state index in [9.17, 15) is 9.59 Å². The number of thiazole rings is 1. The van der Waals surface area contributed by atoms with E-state index in [2.05, 4.69) is 20.6 Å². The fraction of sp³-hybridized carbons (Fsp3) is 0.300. The normalized spacial score (nSPS) is 12.4. The van der Waals surface area contributed by atoms with Crippen LogP contribution in [0.2, 0.25) is 0 Å². The van der Waals surface area contributed by atoms with Gasteiger partial charge < -0.3 is 15.1 Å². The molecule has 2 amide bonds. The highest BCUT2D eigenvalue weighted by atomic mass is 32.1. The van der Waals surface area contributed by atoms with Crippen molar-refractivity contribution in [3.05, 3.63) is 70.3 Å². The van der Waals surface area contributed by atoms with Crippen molar-refractivity contribution in [1.29, 1.82) is 0 Å². The summed E-state index contributed by atoms with van der Waals surface area (Å²) in [4.78, 5) is 33.1. The van der Waals surface area contributed by atoms with Gasteiger partial charge >= 0.3 is 0 Å². The van der Waals surface area contributed by atoms with Gasteiger partial charge in [0.05, 0.1) is 12.2 Å². The molecule has 8 heteroatoms. The number of carbonyl (C=O) groups excluding carboxylic acids is 2. The molecule has 2 heterocycles. The van der Waals surface area contributed by atoms with Gasteiger partial charge in [0.15, 0.2) is 6.39 Å². The topological polar surface area (TPSA) is 97.1 Å². The van der Waals surface area contributed by atoms with Crippen LogP contribution in [0, 0.1) is 0 Å². The van der Waals surface area contributed by atoms with Crippen LogP contribution in [-0.4, -0.2) is 27.3 Å². The smallest absolute Gasteiger partial charge is 0.289 e. The highest BCUT2D eigenvalue weighted by Crippen LogP contribution is 2.23. The van der Waals surface area contributed by atoms with E-state index >= 15 is 0 Å². The molecule has 0 bridgehead atoms. The first-order valence-electron chi connectivity index (χ1n) is 8.83. The molecule has 146 valence electrons. The first kappa shape index (κ1) is 19.8. The zero-order valence-electron chi connectivity index (χ0n) is 15.9. The number of aromatic nitrogens is 2. The van der Waals surface area contributed by atoms with Crippen LogP contribution in [0.25, 0.3) is 0 Å². The zero-order chi connectivity index (χ0) is 20.1. The van der Waals surface area contributed by atoms with E-state index < -0.39 is 6.04 Å². The molecule has 2 aromatic heterocycles. The maximum atomic E-state index is 12.5. The molecule has 0 radical (unpaired) electrons. The van der Waals surface area contributed by atoms with Crippen LogP contribution in [0.15, 0.2) is 52.7 Å². The molecule has 1 atom stereocenters. The van der Waals surface area contributed by atoms with Gasteiger partial charge in [0.25, 0.3) is 11.8 Å². The molecule has 1 aromatic carbocycles. The molecule has 28 heavy (non-hydrogen) atoms. The van der Waals surface area contributed by atoms with E-state index in [0.717, 1.165) is 5.56 Å².